The van der Waals surface area contributed by atoms with E-state index in [0.717, 1.165) is 55.8 Å². The van der Waals surface area contributed by atoms with Gasteiger partial charge in [0.15, 0.2) is 5.75 Å². The maximum absolute atomic E-state index is 12.8. The van der Waals surface area contributed by atoms with Crippen molar-refractivity contribution in [1.82, 2.24) is 0 Å². The summed E-state index contributed by atoms with van der Waals surface area (Å²) in [5.41, 5.74) is 0. The number of unbranched alkanes of at least 4 members (excludes halogenated alkanes) is 2. The summed E-state index contributed by atoms with van der Waals surface area (Å²) in [6, 6.07) is 12.9. The molecular weight excluding hydrogens is 560 g/mol. The Morgan fingerprint density at radius 3 is 1.62 bits per heavy atom. The van der Waals surface area contributed by atoms with Crippen molar-refractivity contribution in [3.63, 3.8) is 0 Å². The van der Waals surface area contributed by atoms with E-state index in [1.807, 2.05) is 42.5 Å². The first kappa shape index (κ1) is 30.7. The van der Waals surface area contributed by atoms with Crippen molar-refractivity contribution in [3.8, 4) is 11.5 Å². The second-order valence-corrected chi connectivity index (χ2v) is 11.0. The first-order valence-electron chi connectivity index (χ1n) is 14.2. The van der Waals surface area contributed by atoms with Gasteiger partial charge in [0.05, 0.1) is 13.2 Å². The third-order valence-electron chi connectivity index (χ3n) is 7.22. The number of hydrogen-bond acceptors (Lipinski definition) is 6. The average molecular weight is 602 g/mol. The van der Waals surface area contributed by atoms with E-state index in [1.165, 1.54) is 0 Å². The van der Waals surface area contributed by atoms with Crippen LogP contribution in [0, 0.1) is 11.8 Å². The summed E-state index contributed by atoms with van der Waals surface area (Å²) >= 11 is 3.52. The van der Waals surface area contributed by atoms with Crippen molar-refractivity contribution >= 4 is 49.8 Å². The topological polar surface area (TPSA) is 71.1 Å². The van der Waals surface area contributed by atoms with E-state index in [4.69, 9.17) is 18.9 Å². The summed E-state index contributed by atoms with van der Waals surface area (Å²) in [7, 11) is 0. The molecule has 39 heavy (non-hydrogen) atoms. The minimum absolute atomic E-state index is 0.302. The summed E-state index contributed by atoms with van der Waals surface area (Å²) in [6.07, 6.45) is 6.82. The predicted molar refractivity (Wildman–Crippen MR) is 160 cm³/mol. The van der Waals surface area contributed by atoms with Gasteiger partial charge in [-0.1, -0.05) is 106 Å². The van der Waals surface area contributed by atoms with Crippen LogP contribution in [0.25, 0.3) is 21.5 Å². The number of halogens is 1. The van der Waals surface area contributed by atoms with E-state index in [0.29, 0.717) is 58.1 Å². The zero-order valence-corrected chi connectivity index (χ0v) is 25.2. The van der Waals surface area contributed by atoms with Crippen LogP contribution in [-0.4, -0.2) is 25.5 Å². The smallest absolute Gasteiger partial charge is 0.434 e. The molecule has 0 aliphatic heterocycles. The molecule has 3 aromatic rings. The molecule has 6 nitrogen and oxygen atoms in total. The van der Waals surface area contributed by atoms with Crippen LogP contribution < -0.4 is 9.47 Å². The number of ether oxygens (including phenoxy) is 4. The van der Waals surface area contributed by atoms with Gasteiger partial charge in [-0.05, 0) is 42.9 Å². The molecule has 0 bridgehead atoms. The molecule has 3 rings (SSSR count). The van der Waals surface area contributed by atoms with E-state index in [-0.39, 0.29) is 0 Å². The van der Waals surface area contributed by atoms with Crippen LogP contribution in [0.4, 0.5) is 9.59 Å². The molecule has 2 unspecified atom stereocenters. The molecule has 0 amide bonds. The van der Waals surface area contributed by atoms with Gasteiger partial charge >= 0.3 is 12.3 Å². The highest BCUT2D eigenvalue weighted by Crippen LogP contribution is 2.44. The first-order valence-corrected chi connectivity index (χ1v) is 15.0. The summed E-state index contributed by atoms with van der Waals surface area (Å²) in [4.78, 5) is 25.6. The molecule has 0 aliphatic rings. The van der Waals surface area contributed by atoms with Crippen LogP contribution in [0.2, 0.25) is 0 Å². The van der Waals surface area contributed by atoms with Crippen molar-refractivity contribution in [2.24, 2.45) is 11.8 Å². The van der Waals surface area contributed by atoms with Gasteiger partial charge in [-0.15, -0.1) is 0 Å². The summed E-state index contributed by atoms with van der Waals surface area (Å²) < 4.78 is 23.5. The van der Waals surface area contributed by atoms with Gasteiger partial charge in [0.1, 0.15) is 5.75 Å². The Bertz CT molecular complexity index is 1240. The Balaban J connectivity index is 1.89. The van der Waals surface area contributed by atoms with Crippen LogP contribution >= 0.6 is 15.9 Å². The summed E-state index contributed by atoms with van der Waals surface area (Å²) in [6.45, 7) is 9.15. The molecular formula is C32H41BrO6. The number of carbonyl (C=O) groups excluding carboxylic acids is 2. The molecule has 0 aromatic heterocycles. The van der Waals surface area contributed by atoms with Crippen molar-refractivity contribution in [3.05, 3.63) is 46.9 Å². The van der Waals surface area contributed by atoms with Crippen LogP contribution in [0.15, 0.2) is 46.9 Å². The van der Waals surface area contributed by atoms with Crippen LogP contribution in [-0.2, 0) is 9.47 Å². The van der Waals surface area contributed by atoms with Gasteiger partial charge in [-0.25, -0.2) is 9.59 Å². The normalized spacial score (nSPS) is 12.7. The molecule has 7 heteroatoms. The van der Waals surface area contributed by atoms with Crippen molar-refractivity contribution in [2.75, 3.05) is 13.2 Å². The Hall–Kier alpha value is -2.80. The Labute approximate surface area is 240 Å². The molecule has 3 aromatic carbocycles. The Morgan fingerprint density at radius 1 is 0.692 bits per heavy atom. The number of rotatable bonds is 14. The predicted octanol–water partition coefficient (Wildman–Crippen LogP) is 10.2. The van der Waals surface area contributed by atoms with Crippen molar-refractivity contribution in [2.45, 2.75) is 79.1 Å². The van der Waals surface area contributed by atoms with E-state index in [2.05, 4.69) is 43.6 Å². The third kappa shape index (κ3) is 8.59. The molecule has 0 spiro atoms. The van der Waals surface area contributed by atoms with E-state index in [1.54, 1.807) is 0 Å². The molecule has 212 valence electrons. The minimum Gasteiger partial charge on any atom is -0.434 e. The fraction of sp³-hybridized carbons (Fsp3) is 0.500. The number of benzene rings is 3. The molecule has 2 atom stereocenters. The maximum Gasteiger partial charge on any atom is 0.513 e. The molecule has 0 saturated heterocycles. The van der Waals surface area contributed by atoms with E-state index in [9.17, 15) is 9.59 Å². The van der Waals surface area contributed by atoms with Crippen LogP contribution in [0.1, 0.15) is 79.1 Å². The first-order chi connectivity index (χ1) is 18.9. The highest BCUT2D eigenvalue weighted by Gasteiger charge is 2.22. The summed E-state index contributed by atoms with van der Waals surface area (Å²) in [5.74, 6) is 1.33. The number of carbonyl (C=O) groups is 2. The van der Waals surface area contributed by atoms with Crippen molar-refractivity contribution < 1.29 is 28.5 Å². The van der Waals surface area contributed by atoms with E-state index >= 15 is 0 Å². The Kier molecular flexibility index (Phi) is 12.4. The zero-order chi connectivity index (χ0) is 28.2. The lowest BCUT2D eigenvalue weighted by atomic mass is 10.0. The van der Waals surface area contributed by atoms with Crippen LogP contribution in [0.5, 0.6) is 11.5 Å². The molecule has 0 aliphatic carbocycles. The molecule has 0 fully saturated rings. The van der Waals surface area contributed by atoms with Crippen molar-refractivity contribution in [1.29, 1.82) is 0 Å². The summed E-state index contributed by atoms with van der Waals surface area (Å²) in [5, 5.41) is 2.52. The van der Waals surface area contributed by atoms with Gasteiger partial charge in [-0.3, -0.25) is 0 Å². The molecule has 0 heterocycles. The van der Waals surface area contributed by atoms with E-state index < -0.39 is 12.3 Å². The van der Waals surface area contributed by atoms with Gasteiger partial charge in [0.2, 0.25) is 0 Å². The highest BCUT2D eigenvalue weighted by atomic mass is 79.9. The standard InChI is InChI=1S/C32H41BrO6/c1-5-9-13-22(7-3)20-36-31(34)38-29-25-15-11-12-16-26(25)30(28-19-24(33)17-18-27(28)29)39-32(35)37-21-23(8-4)14-10-6-2/h11-12,15-19,22-23H,5-10,13-14,20-21H2,1-4H3. The molecule has 0 saturated carbocycles. The average Bonchev–Trinajstić information content (AvgIpc) is 2.95. The fourth-order valence-corrected chi connectivity index (χ4v) is 5.05. The van der Waals surface area contributed by atoms with Crippen LogP contribution in [0.3, 0.4) is 0 Å². The second-order valence-electron chi connectivity index (χ2n) is 10.1. The Morgan fingerprint density at radius 2 is 1.15 bits per heavy atom. The third-order valence-corrected chi connectivity index (χ3v) is 7.71. The SMILES string of the molecule is CCCCC(CC)COC(=O)Oc1c2ccccc2c(OC(=O)OCC(CC)CCCC)c2cc(Br)ccc12. The highest BCUT2D eigenvalue weighted by molar-refractivity contribution is 9.10. The largest absolute Gasteiger partial charge is 0.513 e. The van der Waals surface area contributed by atoms with Gasteiger partial charge in [-0.2, -0.15) is 0 Å². The monoisotopic (exact) mass is 600 g/mol. The van der Waals surface area contributed by atoms with Gasteiger partial charge in [0.25, 0.3) is 0 Å². The van der Waals surface area contributed by atoms with Gasteiger partial charge < -0.3 is 18.9 Å². The quantitative estimate of drug-likeness (QED) is 0.104. The number of fused-ring (bicyclic) bond motifs is 2. The number of hydrogen-bond donors (Lipinski definition) is 0. The van der Waals surface area contributed by atoms with Gasteiger partial charge in [0, 0.05) is 26.0 Å². The maximum atomic E-state index is 12.8. The lowest BCUT2D eigenvalue weighted by Crippen LogP contribution is -2.18. The minimum atomic E-state index is -0.748. The molecule has 0 radical (unpaired) electrons. The lowest BCUT2D eigenvalue weighted by Gasteiger charge is -2.18. The zero-order valence-electron chi connectivity index (χ0n) is 23.6. The lowest BCUT2D eigenvalue weighted by molar-refractivity contribution is 0.0805. The molecule has 0 N–H and O–H groups in total. The second kappa shape index (κ2) is 15.7. The fourth-order valence-electron chi connectivity index (χ4n) is 4.69.